The van der Waals surface area contributed by atoms with Gasteiger partial charge in [-0.25, -0.2) is 0 Å². The van der Waals surface area contributed by atoms with Gasteiger partial charge in [0, 0.05) is 6.42 Å². The van der Waals surface area contributed by atoms with Crippen molar-refractivity contribution in [2.24, 2.45) is 5.92 Å². The molecule has 0 saturated carbocycles. The zero-order valence-electron chi connectivity index (χ0n) is 18.2. The van der Waals surface area contributed by atoms with Gasteiger partial charge in [0.1, 0.15) is 19.0 Å². The van der Waals surface area contributed by atoms with Crippen LogP contribution >= 0.6 is 0 Å². The zero-order valence-corrected chi connectivity index (χ0v) is 18.2. The lowest BCUT2D eigenvalue weighted by Crippen LogP contribution is -2.35. The Morgan fingerprint density at radius 2 is 1.74 bits per heavy atom. The number of fused-ring (bicyclic) bond motifs is 1. The van der Waals surface area contributed by atoms with Crippen LogP contribution in [0.3, 0.4) is 0 Å². The van der Waals surface area contributed by atoms with Crippen LogP contribution in [0.1, 0.15) is 37.4 Å². The minimum atomic E-state index is -0.411. The van der Waals surface area contributed by atoms with E-state index in [4.69, 9.17) is 18.9 Å². The summed E-state index contributed by atoms with van der Waals surface area (Å²) < 4.78 is 21.5. The number of methoxy groups -OCH3 is 1. The molecule has 0 radical (unpaired) electrons. The first kappa shape index (κ1) is 22.5. The van der Waals surface area contributed by atoms with Crippen LogP contribution in [-0.4, -0.2) is 38.8 Å². The number of amides is 1. The van der Waals surface area contributed by atoms with Crippen molar-refractivity contribution in [2.75, 3.05) is 26.9 Å². The van der Waals surface area contributed by atoms with Crippen molar-refractivity contribution in [1.29, 1.82) is 0 Å². The number of nitrogens with one attached hydrogen (secondary N) is 1. The second-order valence-corrected chi connectivity index (χ2v) is 7.70. The van der Waals surface area contributed by atoms with Gasteiger partial charge >= 0.3 is 5.97 Å². The Labute approximate surface area is 182 Å². The number of esters is 1. The molecule has 0 saturated heterocycles. The molecule has 0 bridgehead atoms. The van der Waals surface area contributed by atoms with E-state index in [0.717, 1.165) is 16.9 Å². The molecule has 2 aromatic carbocycles. The number of hydrogen-bond donors (Lipinski definition) is 1. The third-order valence-corrected chi connectivity index (χ3v) is 5.05. The van der Waals surface area contributed by atoms with E-state index in [1.165, 1.54) is 0 Å². The van der Waals surface area contributed by atoms with E-state index >= 15 is 0 Å². The van der Waals surface area contributed by atoms with Crippen LogP contribution in [0.5, 0.6) is 17.2 Å². The summed E-state index contributed by atoms with van der Waals surface area (Å²) in [6, 6.07) is 12.9. The average molecular weight is 427 g/mol. The monoisotopic (exact) mass is 427 g/mol. The van der Waals surface area contributed by atoms with Crippen LogP contribution in [0.25, 0.3) is 0 Å². The van der Waals surface area contributed by atoms with Crippen LogP contribution in [0.4, 0.5) is 0 Å². The molecule has 0 aliphatic carbocycles. The third kappa shape index (κ3) is 6.38. The molecule has 2 aromatic rings. The molecule has 1 aliphatic rings. The predicted octanol–water partition coefficient (Wildman–Crippen LogP) is 3.46. The molecule has 1 amide bonds. The molecule has 1 aliphatic heterocycles. The van der Waals surface area contributed by atoms with Crippen molar-refractivity contribution in [3.8, 4) is 17.2 Å². The largest absolute Gasteiger partial charge is 0.497 e. The fourth-order valence-corrected chi connectivity index (χ4v) is 3.36. The van der Waals surface area contributed by atoms with Gasteiger partial charge in [-0.3, -0.25) is 9.59 Å². The predicted molar refractivity (Wildman–Crippen MR) is 115 cm³/mol. The highest BCUT2D eigenvalue weighted by Crippen LogP contribution is 2.34. The van der Waals surface area contributed by atoms with E-state index in [-0.39, 0.29) is 30.9 Å². The number of carbonyl (C=O) groups is 2. The van der Waals surface area contributed by atoms with Crippen molar-refractivity contribution >= 4 is 11.9 Å². The molecule has 166 valence electrons. The zero-order chi connectivity index (χ0) is 22.2. The van der Waals surface area contributed by atoms with Gasteiger partial charge < -0.3 is 24.3 Å². The van der Waals surface area contributed by atoms with Gasteiger partial charge in [-0.1, -0.05) is 32.0 Å². The van der Waals surface area contributed by atoms with E-state index in [0.29, 0.717) is 31.1 Å². The number of benzene rings is 2. The molecule has 1 heterocycles. The summed E-state index contributed by atoms with van der Waals surface area (Å²) in [6.45, 7) is 4.75. The standard InChI is InChI=1S/C24H29NO6/c1-16(2)24(18-7-10-20-21(14-18)30-13-12-29-20)25-22(26)15-31-23(27)11-6-17-4-8-19(28-3)9-5-17/h4-5,7-10,14,16,24H,6,11-13,15H2,1-3H3,(H,25,26)/t24-/m0/s1. The van der Waals surface area contributed by atoms with Crippen LogP contribution in [0.15, 0.2) is 42.5 Å². The maximum atomic E-state index is 12.4. The van der Waals surface area contributed by atoms with Crippen LogP contribution in [0.2, 0.25) is 0 Å². The lowest BCUT2D eigenvalue weighted by atomic mass is 9.95. The highest BCUT2D eigenvalue weighted by molar-refractivity contribution is 5.81. The molecule has 1 atom stereocenters. The number of aryl methyl sites for hydroxylation is 1. The highest BCUT2D eigenvalue weighted by Gasteiger charge is 2.22. The third-order valence-electron chi connectivity index (χ3n) is 5.05. The summed E-state index contributed by atoms with van der Waals surface area (Å²) in [5.41, 5.74) is 1.92. The molecule has 0 unspecified atom stereocenters. The average Bonchev–Trinajstić information content (AvgIpc) is 2.79. The van der Waals surface area contributed by atoms with Gasteiger partial charge in [-0.05, 0) is 47.7 Å². The summed E-state index contributed by atoms with van der Waals surface area (Å²) in [6.07, 6.45) is 0.742. The van der Waals surface area contributed by atoms with Gasteiger partial charge in [-0.2, -0.15) is 0 Å². The molecule has 0 fully saturated rings. The fourth-order valence-electron chi connectivity index (χ4n) is 3.36. The first-order valence-corrected chi connectivity index (χ1v) is 10.4. The molecular weight excluding hydrogens is 398 g/mol. The number of carbonyl (C=O) groups excluding carboxylic acids is 2. The number of rotatable bonds is 9. The number of hydrogen-bond acceptors (Lipinski definition) is 6. The Morgan fingerprint density at radius 3 is 2.42 bits per heavy atom. The van der Waals surface area contributed by atoms with Gasteiger partial charge in [0.15, 0.2) is 18.1 Å². The summed E-state index contributed by atoms with van der Waals surface area (Å²) in [5, 5.41) is 2.95. The van der Waals surface area contributed by atoms with Crippen LogP contribution in [0, 0.1) is 5.92 Å². The van der Waals surface area contributed by atoms with Gasteiger partial charge in [0.2, 0.25) is 0 Å². The summed E-state index contributed by atoms with van der Waals surface area (Å²) in [4.78, 5) is 24.4. The lowest BCUT2D eigenvalue weighted by Gasteiger charge is -2.25. The Bertz CT molecular complexity index is 893. The molecule has 0 spiro atoms. The van der Waals surface area contributed by atoms with Crippen molar-refractivity contribution in [3.05, 3.63) is 53.6 Å². The van der Waals surface area contributed by atoms with Crippen molar-refractivity contribution < 1.29 is 28.5 Å². The van der Waals surface area contributed by atoms with Crippen LogP contribution in [-0.2, 0) is 20.7 Å². The Kier molecular flexibility index (Phi) is 7.76. The SMILES string of the molecule is COc1ccc(CCC(=O)OCC(=O)N[C@H](c2ccc3c(c2)OCCO3)C(C)C)cc1. The van der Waals surface area contributed by atoms with Crippen LogP contribution < -0.4 is 19.5 Å². The number of ether oxygens (including phenoxy) is 4. The Hall–Kier alpha value is -3.22. The minimum absolute atomic E-state index is 0.136. The Balaban J connectivity index is 1.49. The fraction of sp³-hybridized carbons (Fsp3) is 0.417. The quantitative estimate of drug-likeness (QED) is 0.617. The normalized spacial score (nSPS) is 13.4. The molecule has 7 nitrogen and oxygen atoms in total. The first-order chi connectivity index (χ1) is 15.0. The van der Waals surface area contributed by atoms with Crippen molar-refractivity contribution in [2.45, 2.75) is 32.7 Å². The van der Waals surface area contributed by atoms with E-state index in [1.54, 1.807) is 7.11 Å². The second kappa shape index (κ2) is 10.7. The van der Waals surface area contributed by atoms with E-state index in [2.05, 4.69) is 5.32 Å². The summed E-state index contributed by atoms with van der Waals surface area (Å²) >= 11 is 0. The molecule has 1 N–H and O–H groups in total. The molecular formula is C24H29NO6. The first-order valence-electron chi connectivity index (χ1n) is 10.4. The Morgan fingerprint density at radius 1 is 1.03 bits per heavy atom. The highest BCUT2D eigenvalue weighted by atomic mass is 16.6. The van der Waals surface area contributed by atoms with Gasteiger partial charge in [-0.15, -0.1) is 0 Å². The van der Waals surface area contributed by atoms with E-state index in [9.17, 15) is 9.59 Å². The van der Waals surface area contributed by atoms with Crippen molar-refractivity contribution in [3.63, 3.8) is 0 Å². The maximum absolute atomic E-state index is 12.4. The van der Waals surface area contributed by atoms with Gasteiger partial charge in [0.05, 0.1) is 13.2 Å². The van der Waals surface area contributed by atoms with E-state index in [1.807, 2.05) is 56.3 Å². The molecule has 0 aromatic heterocycles. The summed E-state index contributed by atoms with van der Waals surface area (Å²) in [5.74, 6) is 1.53. The molecule has 31 heavy (non-hydrogen) atoms. The smallest absolute Gasteiger partial charge is 0.306 e. The maximum Gasteiger partial charge on any atom is 0.306 e. The molecule has 7 heteroatoms. The van der Waals surface area contributed by atoms with Gasteiger partial charge in [0.25, 0.3) is 5.91 Å². The van der Waals surface area contributed by atoms with Crippen molar-refractivity contribution in [1.82, 2.24) is 5.32 Å². The second-order valence-electron chi connectivity index (χ2n) is 7.70. The molecule has 3 rings (SSSR count). The lowest BCUT2D eigenvalue weighted by molar-refractivity contribution is -0.148. The topological polar surface area (TPSA) is 83.1 Å². The summed E-state index contributed by atoms with van der Waals surface area (Å²) in [7, 11) is 1.61. The minimum Gasteiger partial charge on any atom is -0.497 e. The van der Waals surface area contributed by atoms with E-state index < -0.39 is 5.97 Å².